The van der Waals surface area contributed by atoms with Crippen LogP contribution in [0.5, 0.6) is 0 Å². The van der Waals surface area contributed by atoms with Crippen LogP contribution in [0.3, 0.4) is 0 Å². The van der Waals surface area contributed by atoms with Gasteiger partial charge in [-0.1, -0.05) is 0 Å². The minimum atomic E-state index is -0.805. The minimum absolute atomic E-state index is 0.0922. The van der Waals surface area contributed by atoms with Crippen LogP contribution in [0.25, 0.3) is 0 Å². The van der Waals surface area contributed by atoms with E-state index < -0.39 is 17.5 Å². The molecule has 1 aromatic rings. The van der Waals surface area contributed by atoms with Crippen LogP contribution in [0.4, 0.5) is 8.78 Å². The lowest BCUT2D eigenvalue weighted by molar-refractivity contribution is 0.0953. The standard InChI is InChI=1S/C10H8F2N2O/c11-8-4-7(5-9(12)6-8)10(15)14-3-1-2-13/h4-6H,1,3H2,(H,14,15). The Morgan fingerprint density at radius 3 is 2.47 bits per heavy atom. The van der Waals surface area contributed by atoms with E-state index in [9.17, 15) is 13.6 Å². The van der Waals surface area contributed by atoms with Gasteiger partial charge >= 0.3 is 0 Å². The van der Waals surface area contributed by atoms with Crippen molar-refractivity contribution in [2.45, 2.75) is 6.42 Å². The van der Waals surface area contributed by atoms with Crippen LogP contribution in [0.15, 0.2) is 18.2 Å². The van der Waals surface area contributed by atoms with Gasteiger partial charge in [0.2, 0.25) is 0 Å². The van der Waals surface area contributed by atoms with Crippen molar-refractivity contribution in [2.75, 3.05) is 6.54 Å². The fourth-order valence-corrected chi connectivity index (χ4v) is 1.02. The lowest BCUT2D eigenvalue weighted by atomic mass is 10.2. The van der Waals surface area contributed by atoms with Gasteiger partial charge in [-0.15, -0.1) is 0 Å². The SMILES string of the molecule is N#CCCNC(=O)c1cc(F)cc(F)c1. The molecule has 1 rings (SSSR count). The highest BCUT2D eigenvalue weighted by Gasteiger charge is 2.07. The molecule has 15 heavy (non-hydrogen) atoms. The molecule has 0 fully saturated rings. The maximum Gasteiger partial charge on any atom is 0.251 e. The normalized spacial score (nSPS) is 9.40. The highest BCUT2D eigenvalue weighted by molar-refractivity contribution is 5.94. The van der Waals surface area contributed by atoms with Crippen molar-refractivity contribution in [1.82, 2.24) is 5.32 Å². The second-order valence-corrected chi connectivity index (χ2v) is 2.82. The van der Waals surface area contributed by atoms with Crippen molar-refractivity contribution in [3.05, 3.63) is 35.4 Å². The van der Waals surface area contributed by atoms with E-state index in [1.54, 1.807) is 0 Å². The molecule has 0 bridgehead atoms. The quantitative estimate of drug-likeness (QED) is 0.770. The number of halogens is 2. The van der Waals surface area contributed by atoms with E-state index in [0.717, 1.165) is 12.1 Å². The van der Waals surface area contributed by atoms with Gasteiger partial charge in [-0.3, -0.25) is 4.79 Å². The molecule has 0 heterocycles. The van der Waals surface area contributed by atoms with E-state index in [1.165, 1.54) is 0 Å². The third-order valence-electron chi connectivity index (χ3n) is 1.65. The molecule has 0 aliphatic rings. The first-order chi connectivity index (χ1) is 7.13. The van der Waals surface area contributed by atoms with Crippen LogP contribution < -0.4 is 5.32 Å². The molecule has 0 atom stereocenters. The van der Waals surface area contributed by atoms with Crippen LogP contribution >= 0.6 is 0 Å². The predicted octanol–water partition coefficient (Wildman–Crippen LogP) is 1.61. The van der Waals surface area contributed by atoms with Crippen molar-refractivity contribution in [3.8, 4) is 6.07 Å². The fraction of sp³-hybridized carbons (Fsp3) is 0.200. The summed E-state index contributed by atoms with van der Waals surface area (Å²) in [6.07, 6.45) is 0.156. The Balaban J connectivity index is 2.70. The van der Waals surface area contributed by atoms with Gasteiger partial charge in [0.15, 0.2) is 0 Å². The van der Waals surface area contributed by atoms with Gasteiger partial charge in [0.05, 0.1) is 12.5 Å². The zero-order valence-electron chi connectivity index (χ0n) is 7.76. The van der Waals surface area contributed by atoms with E-state index in [-0.39, 0.29) is 18.5 Å². The topological polar surface area (TPSA) is 52.9 Å². The number of rotatable bonds is 3. The summed E-state index contributed by atoms with van der Waals surface area (Å²) in [5.41, 5.74) is -0.0922. The lowest BCUT2D eigenvalue weighted by Gasteiger charge is -2.02. The third kappa shape index (κ3) is 3.35. The molecule has 0 aliphatic heterocycles. The number of carbonyl (C=O) groups excluding carboxylic acids is 1. The second kappa shape index (κ2) is 5.05. The molecule has 0 saturated carbocycles. The molecule has 0 unspecified atom stereocenters. The molecule has 5 heteroatoms. The van der Waals surface area contributed by atoms with E-state index in [1.807, 2.05) is 6.07 Å². The third-order valence-corrected chi connectivity index (χ3v) is 1.65. The summed E-state index contributed by atoms with van der Waals surface area (Å²) < 4.78 is 25.4. The van der Waals surface area contributed by atoms with Crippen molar-refractivity contribution in [3.63, 3.8) is 0 Å². The number of hydrogen-bond donors (Lipinski definition) is 1. The summed E-state index contributed by atoms with van der Waals surface area (Å²) in [6.45, 7) is 0.160. The Kier molecular flexibility index (Phi) is 3.75. The number of carbonyl (C=O) groups is 1. The fourth-order valence-electron chi connectivity index (χ4n) is 1.02. The van der Waals surface area contributed by atoms with Gasteiger partial charge in [-0.2, -0.15) is 5.26 Å². The van der Waals surface area contributed by atoms with Gasteiger partial charge in [0, 0.05) is 18.2 Å². The first-order valence-corrected chi connectivity index (χ1v) is 4.24. The molecule has 1 aromatic carbocycles. The zero-order valence-corrected chi connectivity index (χ0v) is 7.76. The van der Waals surface area contributed by atoms with Crippen molar-refractivity contribution < 1.29 is 13.6 Å². The number of benzene rings is 1. The van der Waals surface area contributed by atoms with Gasteiger partial charge in [-0.25, -0.2) is 8.78 Å². The number of amides is 1. The van der Waals surface area contributed by atoms with Crippen LogP contribution in [0.1, 0.15) is 16.8 Å². The molecule has 78 valence electrons. The van der Waals surface area contributed by atoms with E-state index in [4.69, 9.17) is 5.26 Å². The highest BCUT2D eigenvalue weighted by atomic mass is 19.1. The summed E-state index contributed by atoms with van der Waals surface area (Å²) >= 11 is 0. The van der Waals surface area contributed by atoms with Gasteiger partial charge in [-0.05, 0) is 12.1 Å². The maximum atomic E-state index is 12.7. The minimum Gasteiger partial charge on any atom is -0.351 e. The highest BCUT2D eigenvalue weighted by Crippen LogP contribution is 2.07. The Morgan fingerprint density at radius 2 is 1.93 bits per heavy atom. The molecule has 0 aromatic heterocycles. The Morgan fingerprint density at radius 1 is 1.33 bits per heavy atom. The van der Waals surface area contributed by atoms with Crippen LogP contribution in [-0.2, 0) is 0 Å². The molecule has 0 radical (unpaired) electrons. The molecule has 0 saturated heterocycles. The first kappa shape index (κ1) is 11.1. The molecular weight excluding hydrogens is 202 g/mol. The summed E-state index contributed by atoms with van der Waals surface area (Å²) in [6, 6.07) is 4.39. The van der Waals surface area contributed by atoms with Gasteiger partial charge in [0.25, 0.3) is 5.91 Å². The van der Waals surface area contributed by atoms with E-state index in [2.05, 4.69) is 5.32 Å². The van der Waals surface area contributed by atoms with Gasteiger partial charge < -0.3 is 5.32 Å². The number of nitrogens with one attached hydrogen (secondary N) is 1. The zero-order chi connectivity index (χ0) is 11.3. The lowest BCUT2D eigenvalue weighted by Crippen LogP contribution is -2.24. The van der Waals surface area contributed by atoms with Crippen LogP contribution in [0, 0.1) is 23.0 Å². The van der Waals surface area contributed by atoms with Crippen molar-refractivity contribution in [2.24, 2.45) is 0 Å². The number of hydrogen-bond acceptors (Lipinski definition) is 2. The smallest absolute Gasteiger partial charge is 0.251 e. The predicted molar refractivity (Wildman–Crippen MR) is 48.9 cm³/mol. The van der Waals surface area contributed by atoms with Crippen molar-refractivity contribution in [1.29, 1.82) is 5.26 Å². The maximum absolute atomic E-state index is 12.7. The van der Waals surface area contributed by atoms with Crippen LogP contribution in [0.2, 0.25) is 0 Å². The number of nitrogens with zero attached hydrogens (tertiary/aromatic N) is 1. The van der Waals surface area contributed by atoms with Crippen molar-refractivity contribution >= 4 is 5.91 Å². The average molecular weight is 210 g/mol. The second-order valence-electron chi connectivity index (χ2n) is 2.82. The molecule has 3 nitrogen and oxygen atoms in total. The van der Waals surface area contributed by atoms with Crippen LogP contribution in [-0.4, -0.2) is 12.5 Å². The van der Waals surface area contributed by atoms with Gasteiger partial charge in [0.1, 0.15) is 11.6 Å². The Bertz CT molecular complexity index is 392. The molecule has 0 spiro atoms. The summed E-state index contributed by atoms with van der Waals surface area (Å²) in [7, 11) is 0. The summed E-state index contributed by atoms with van der Waals surface area (Å²) in [4.78, 5) is 11.3. The molecule has 0 aliphatic carbocycles. The molecule has 1 amide bonds. The average Bonchev–Trinajstić information content (AvgIpc) is 2.16. The largest absolute Gasteiger partial charge is 0.351 e. The van der Waals surface area contributed by atoms with E-state index >= 15 is 0 Å². The molecular formula is C10H8F2N2O. The number of nitriles is 1. The summed E-state index contributed by atoms with van der Waals surface area (Å²) in [5.74, 6) is -2.20. The Hall–Kier alpha value is -1.96. The molecule has 1 N–H and O–H groups in total. The first-order valence-electron chi connectivity index (χ1n) is 4.24. The Labute approximate surface area is 85.3 Å². The monoisotopic (exact) mass is 210 g/mol. The summed E-state index contributed by atoms with van der Waals surface area (Å²) in [5, 5.41) is 10.6. The van der Waals surface area contributed by atoms with E-state index in [0.29, 0.717) is 6.07 Å².